The van der Waals surface area contributed by atoms with Crippen LogP contribution in [-0.2, 0) is 0 Å². The van der Waals surface area contributed by atoms with Crippen molar-refractivity contribution in [2.24, 2.45) is 5.73 Å². The third-order valence-electron chi connectivity index (χ3n) is 3.56. The third kappa shape index (κ3) is 5.34. The molecule has 1 amide bonds. The molecule has 1 heterocycles. The van der Waals surface area contributed by atoms with Crippen LogP contribution in [0.2, 0.25) is 0 Å². The number of ether oxygens (including phenoxy) is 1. The molecule has 1 atom stereocenters. The number of carbonyl (C=O) groups is 1. The molecule has 1 aliphatic rings. The van der Waals surface area contributed by atoms with Crippen molar-refractivity contribution in [1.82, 2.24) is 10.6 Å². The van der Waals surface area contributed by atoms with Crippen molar-refractivity contribution < 1.29 is 14.6 Å². The molecule has 1 aromatic rings. The minimum Gasteiger partial charge on any atom is -0.491 e. The fraction of sp³-hybridized carbons (Fsp3) is 0.533. The number of benzene rings is 1. The predicted molar refractivity (Wildman–Crippen MR) is 80.4 cm³/mol. The van der Waals surface area contributed by atoms with Crippen molar-refractivity contribution in [3.05, 3.63) is 29.8 Å². The van der Waals surface area contributed by atoms with Gasteiger partial charge in [0, 0.05) is 18.2 Å². The van der Waals surface area contributed by atoms with Gasteiger partial charge in [0.15, 0.2) is 0 Å². The Morgan fingerprint density at radius 1 is 1.38 bits per heavy atom. The number of rotatable bonds is 7. The Hall–Kier alpha value is -1.63. The van der Waals surface area contributed by atoms with Gasteiger partial charge >= 0.3 is 0 Å². The van der Waals surface area contributed by atoms with Crippen LogP contribution in [0, 0.1) is 0 Å². The summed E-state index contributed by atoms with van der Waals surface area (Å²) in [6.45, 7) is 2.78. The molecule has 6 heteroatoms. The van der Waals surface area contributed by atoms with E-state index in [1.165, 1.54) is 0 Å². The molecule has 6 nitrogen and oxygen atoms in total. The first-order chi connectivity index (χ1) is 10.1. The van der Waals surface area contributed by atoms with E-state index in [1.54, 1.807) is 24.3 Å². The van der Waals surface area contributed by atoms with Crippen LogP contribution in [0.15, 0.2) is 24.3 Å². The van der Waals surface area contributed by atoms with Crippen LogP contribution in [0.25, 0.3) is 0 Å². The summed E-state index contributed by atoms with van der Waals surface area (Å²) in [5.41, 5.74) is 5.60. The van der Waals surface area contributed by atoms with E-state index in [1.807, 2.05) is 0 Å². The lowest BCUT2D eigenvalue weighted by Gasteiger charge is -2.25. The Balaban J connectivity index is 1.68. The average molecular weight is 293 g/mol. The van der Waals surface area contributed by atoms with Crippen LogP contribution in [-0.4, -0.2) is 49.4 Å². The Kier molecular flexibility index (Phi) is 5.98. The molecule has 0 radical (unpaired) electrons. The van der Waals surface area contributed by atoms with Gasteiger partial charge in [-0.05, 0) is 50.2 Å². The number of aliphatic hydroxyl groups is 1. The molecule has 1 aromatic carbocycles. The second-order valence-corrected chi connectivity index (χ2v) is 5.29. The molecule has 0 aliphatic carbocycles. The van der Waals surface area contributed by atoms with E-state index in [2.05, 4.69) is 10.6 Å². The quantitative estimate of drug-likeness (QED) is 0.561. The fourth-order valence-corrected chi connectivity index (χ4v) is 2.30. The number of piperidine rings is 1. The first kappa shape index (κ1) is 15.8. The largest absolute Gasteiger partial charge is 0.491 e. The summed E-state index contributed by atoms with van der Waals surface area (Å²) < 4.78 is 5.49. The fourth-order valence-electron chi connectivity index (χ4n) is 2.30. The van der Waals surface area contributed by atoms with Crippen molar-refractivity contribution >= 4 is 5.91 Å². The highest BCUT2D eigenvalue weighted by atomic mass is 16.5. The van der Waals surface area contributed by atoms with Crippen LogP contribution in [0.3, 0.4) is 0 Å². The second kappa shape index (κ2) is 7.97. The lowest BCUT2D eigenvalue weighted by molar-refractivity contribution is 0.0996. The maximum atomic E-state index is 10.9. The summed E-state index contributed by atoms with van der Waals surface area (Å²) in [4.78, 5) is 10.9. The molecule has 0 saturated carbocycles. The summed E-state index contributed by atoms with van der Waals surface area (Å²) in [6, 6.07) is 7.03. The maximum absolute atomic E-state index is 10.9. The second-order valence-electron chi connectivity index (χ2n) is 5.29. The van der Waals surface area contributed by atoms with E-state index in [0.29, 0.717) is 23.9 Å². The smallest absolute Gasteiger partial charge is 0.248 e. The maximum Gasteiger partial charge on any atom is 0.248 e. The molecule has 1 saturated heterocycles. The van der Waals surface area contributed by atoms with Gasteiger partial charge in [-0.3, -0.25) is 4.79 Å². The van der Waals surface area contributed by atoms with E-state index >= 15 is 0 Å². The van der Waals surface area contributed by atoms with Gasteiger partial charge in [-0.2, -0.15) is 0 Å². The van der Waals surface area contributed by atoms with Crippen molar-refractivity contribution in [1.29, 1.82) is 0 Å². The zero-order valence-electron chi connectivity index (χ0n) is 12.0. The van der Waals surface area contributed by atoms with Gasteiger partial charge in [-0.15, -0.1) is 0 Å². The van der Waals surface area contributed by atoms with Gasteiger partial charge in [0.05, 0.1) is 0 Å². The van der Waals surface area contributed by atoms with Crippen LogP contribution in [0.4, 0.5) is 0 Å². The van der Waals surface area contributed by atoms with E-state index in [0.717, 1.165) is 25.9 Å². The van der Waals surface area contributed by atoms with E-state index < -0.39 is 12.0 Å². The van der Waals surface area contributed by atoms with Crippen LogP contribution in [0.5, 0.6) is 5.75 Å². The molecule has 1 fully saturated rings. The minimum atomic E-state index is -0.560. The van der Waals surface area contributed by atoms with Crippen molar-refractivity contribution in [2.45, 2.75) is 25.0 Å². The Morgan fingerprint density at radius 2 is 2.05 bits per heavy atom. The molecule has 2 rings (SSSR count). The summed E-state index contributed by atoms with van der Waals surface area (Å²) in [7, 11) is 0. The van der Waals surface area contributed by atoms with Gasteiger partial charge in [-0.25, -0.2) is 0 Å². The highest BCUT2D eigenvalue weighted by Crippen LogP contribution is 2.12. The Labute approximate surface area is 124 Å². The van der Waals surface area contributed by atoms with Gasteiger partial charge in [0.25, 0.3) is 0 Å². The third-order valence-corrected chi connectivity index (χ3v) is 3.56. The number of amides is 1. The standard InChI is InChI=1S/C15H23N3O3/c16-15(20)11-1-3-14(4-2-11)21-10-13(19)9-18-12-5-7-17-8-6-12/h1-4,12-13,17-19H,5-10H2,(H2,16,20). The monoisotopic (exact) mass is 293 g/mol. The van der Waals surface area contributed by atoms with Gasteiger partial charge in [-0.1, -0.05) is 0 Å². The number of hydrogen-bond donors (Lipinski definition) is 4. The summed E-state index contributed by atoms with van der Waals surface area (Å²) in [6.07, 6.45) is 1.61. The summed E-state index contributed by atoms with van der Waals surface area (Å²) >= 11 is 0. The Bertz CT molecular complexity index is 444. The first-order valence-electron chi connectivity index (χ1n) is 7.30. The zero-order valence-corrected chi connectivity index (χ0v) is 12.0. The molecule has 0 bridgehead atoms. The average Bonchev–Trinajstić information content (AvgIpc) is 2.52. The summed E-state index contributed by atoms with van der Waals surface area (Å²) in [5.74, 6) is 0.147. The lowest BCUT2D eigenvalue weighted by atomic mass is 10.1. The number of nitrogens with one attached hydrogen (secondary N) is 2. The molecule has 116 valence electrons. The van der Waals surface area contributed by atoms with E-state index in [9.17, 15) is 9.90 Å². The molecular weight excluding hydrogens is 270 g/mol. The van der Waals surface area contributed by atoms with Crippen molar-refractivity contribution in [3.63, 3.8) is 0 Å². The first-order valence-corrected chi connectivity index (χ1v) is 7.30. The lowest BCUT2D eigenvalue weighted by Crippen LogP contribution is -2.43. The highest BCUT2D eigenvalue weighted by molar-refractivity contribution is 5.92. The van der Waals surface area contributed by atoms with Crippen molar-refractivity contribution in [3.8, 4) is 5.75 Å². The van der Waals surface area contributed by atoms with Crippen molar-refractivity contribution in [2.75, 3.05) is 26.2 Å². The van der Waals surface area contributed by atoms with Gasteiger partial charge < -0.3 is 26.2 Å². The Morgan fingerprint density at radius 3 is 2.67 bits per heavy atom. The van der Waals surface area contributed by atoms with E-state index in [-0.39, 0.29) is 6.61 Å². The molecule has 1 aliphatic heterocycles. The number of primary amides is 1. The molecule has 0 spiro atoms. The van der Waals surface area contributed by atoms with Crippen LogP contribution >= 0.6 is 0 Å². The van der Waals surface area contributed by atoms with E-state index in [4.69, 9.17) is 10.5 Å². The predicted octanol–water partition coefficient (Wildman–Crippen LogP) is -0.133. The number of carbonyl (C=O) groups excluding carboxylic acids is 1. The van der Waals surface area contributed by atoms with Gasteiger partial charge in [0.2, 0.25) is 5.91 Å². The van der Waals surface area contributed by atoms with Gasteiger partial charge in [0.1, 0.15) is 18.5 Å². The summed E-state index contributed by atoms with van der Waals surface area (Å²) in [5, 5.41) is 16.6. The molecule has 5 N–H and O–H groups in total. The molecular formula is C15H23N3O3. The molecule has 0 aromatic heterocycles. The van der Waals surface area contributed by atoms with Crippen LogP contribution < -0.4 is 21.1 Å². The number of hydrogen-bond acceptors (Lipinski definition) is 5. The number of nitrogens with two attached hydrogens (primary N) is 1. The molecule has 1 unspecified atom stereocenters. The van der Waals surface area contributed by atoms with Crippen LogP contribution in [0.1, 0.15) is 23.2 Å². The zero-order chi connectivity index (χ0) is 15.1. The number of aliphatic hydroxyl groups excluding tert-OH is 1. The normalized spacial score (nSPS) is 17.4. The highest BCUT2D eigenvalue weighted by Gasteiger charge is 2.14. The topological polar surface area (TPSA) is 96.6 Å². The molecule has 21 heavy (non-hydrogen) atoms. The minimum absolute atomic E-state index is 0.216. The SMILES string of the molecule is NC(=O)c1ccc(OCC(O)CNC2CCNCC2)cc1.